The lowest BCUT2D eigenvalue weighted by Gasteiger charge is -2.21. The van der Waals surface area contributed by atoms with E-state index in [0.29, 0.717) is 18.7 Å². The van der Waals surface area contributed by atoms with Crippen molar-refractivity contribution in [3.05, 3.63) is 35.0 Å². The molecular weight excluding hydrogens is 254 g/mol. The number of nitrogens with one attached hydrogen (secondary N) is 1. The van der Waals surface area contributed by atoms with Crippen LogP contribution in [0.15, 0.2) is 18.2 Å². The van der Waals surface area contributed by atoms with Gasteiger partial charge in [-0.2, -0.15) is 0 Å². The molecule has 1 aromatic heterocycles. The molecule has 0 amide bonds. The van der Waals surface area contributed by atoms with Gasteiger partial charge in [-0.25, -0.2) is 4.79 Å². The van der Waals surface area contributed by atoms with Gasteiger partial charge in [0.15, 0.2) is 0 Å². The minimum atomic E-state index is -0.293. The Balaban J connectivity index is 2.15. The summed E-state index contributed by atoms with van der Waals surface area (Å²) in [6.45, 7) is 2.17. The number of esters is 1. The lowest BCUT2D eigenvalue weighted by atomic mass is 9.81. The number of benzene rings is 1. The molecule has 0 bridgehead atoms. The zero-order chi connectivity index (χ0) is 14.1. The minimum absolute atomic E-state index is 0.259. The number of aldehydes is 1. The summed E-state index contributed by atoms with van der Waals surface area (Å²) in [5.41, 5.74) is 3.73. The average molecular weight is 271 g/mol. The van der Waals surface area contributed by atoms with Crippen molar-refractivity contribution in [3.63, 3.8) is 0 Å². The summed E-state index contributed by atoms with van der Waals surface area (Å²) in [5.74, 6) is -0.0342. The van der Waals surface area contributed by atoms with Crippen LogP contribution in [0.5, 0.6) is 0 Å². The fraction of sp³-hybridized carbons (Fsp3) is 0.375. The fourth-order valence-corrected chi connectivity index (χ4v) is 3.15. The predicted octanol–water partition coefficient (Wildman–Crippen LogP) is 2.96. The molecular formula is C16H17NO3. The van der Waals surface area contributed by atoms with E-state index in [-0.39, 0.29) is 11.9 Å². The Hall–Kier alpha value is -2.10. The maximum atomic E-state index is 12.0. The van der Waals surface area contributed by atoms with E-state index in [0.717, 1.165) is 35.6 Å². The SMILES string of the molecule is CCOC(=O)c1[nH]c2cccc3c2c1CCC3CC=O. The van der Waals surface area contributed by atoms with Gasteiger partial charge in [-0.15, -0.1) is 0 Å². The zero-order valence-corrected chi connectivity index (χ0v) is 11.4. The van der Waals surface area contributed by atoms with Crippen molar-refractivity contribution in [1.82, 2.24) is 4.98 Å². The molecule has 4 nitrogen and oxygen atoms in total. The van der Waals surface area contributed by atoms with Gasteiger partial charge in [-0.05, 0) is 42.9 Å². The van der Waals surface area contributed by atoms with Crippen molar-refractivity contribution < 1.29 is 14.3 Å². The molecule has 1 heterocycles. The molecule has 20 heavy (non-hydrogen) atoms. The number of H-pyrrole nitrogens is 1. The van der Waals surface area contributed by atoms with E-state index in [9.17, 15) is 9.59 Å². The second kappa shape index (κ2) is 5.12. The van der Waals surface area contributed by atoms with Crippen molar-refractivity contribution in [1.29, 1.82) is 0 Å². The van der Waals surface area contributed by atoms with Crippen LogP contribution in [-0.2, 0) is 16.0 Å². The van der Waals surface area contributed by atoms with Crippen molar-refractivity contribution >= 4 is 23.2 Å². The molecule has 0 fully saturated rings. The molecule has 0 aliphatic heterocycles. The molecule has 1 atom stereocenters. The summed E-state index contributed by atoms with van der Waals surface area (Å²) in [5, 5.41) is 1.11. The second-order valence-electron chi connectivity index (χ2n) is 5.11. The number of aromatic nitrogens is 1. The Morgan fingerprint density at radius 1 is 1.50 bits per heavy atom. The Bertz CT molecular complexity index is 672. The normalized spacial score (nSPS) is 17.1. The first-order chi connectivity index (χ1) is 9.76. The van der Waals surface area contributed by atoms with Crippen LogP contribution in [0.4, 0.5) is 0 Å². The Morgan fingerprint density at radius 2 is 2.35 bits per heavy atom. The third-order valence-corrected chi connectivity index (χ3v) is 4.00. The molecule has 0 saturated carbocycles. The maximum Gasteiger partial charge on any atom is 0.355 e. The highest BCUT2D eigenvalue weighted by Crippen LogP contribution is 2.39. The van der Waals surface area contributed by atoms with E-state index in [1.165, 1.54) is 5.56 Å². The average Bonchev–Trinajstić information content (AvgIpc) is 2.83. The van der Waals surface area contributed by atoms with E-state index in [1.54, 1.807) is 6.92 Å². The summed E-state index contributed by atoms with van der Waals surface area (Å²) in [7, 11) is 0. The summed E-state index contributed by atoms with van der Waals surface area (Å²) in [6, 6.07) is 5.99. The van der Waals surface area contributed by atoms with Crippen LogP contribution >= 0.6 is 0 Å². The van der Waals surface area contributed by atoms with Crippen molar-refractivity contribution in [3.8, 4) is 0 Å². The predicted molar refractivity (Wildman–Crippen MR) is 76.0 cm³/mol. The van der Waals surface area contributed by atoms with Crippen LogP contribution < -0.4 is 0 Å². The number of hydrogen-bond donors (Lipinski definition) is 1. The molecule has 0 saturated heterocycles. The van der Waals surface area contributed by atoms with Crippen LogP contribution in [0.1, 0.15) is 47.3 Å². The van der Waals surface area contributed by atoms with E-state index in [1.807, 2.05) is 12.1 Å². The zero-order valence-electron chi connectivity index (χ0n) is 11.4. The van der Waals surface area contributed by atoms with Crippen LogP contribution in [0.2, 0.25) is 0 Å². The fourth-order valence-electron chi connectivity index (χ4n) is 3.15. The van der Waals surface area contributed by atoms with Crippen LogP contribution in [-0.4, -0.2) is 23.8 Å². The molecule has 1 aliphatic carbocycles. The van der Waals surface area contributed by atoms with E-state index in [2.05, 4.69) is 11.1 Å². The molecule has 4 heteroatoms. The highest BCUT2D eigenvalue weighted by atomic mass is 16.5. The molecule has 1 aromatic carbocycles. The molecule has 1 N–H and O–H groups in total. The monoisotopic (exact) mass is 271 g/mol. The Labute approximate surface area is 117 Å². The number of ether oxygens (including phenoxy) is 1. The Morgan fingerprint density at radius 3 is 3.10 bits per heavy atom. The van der Waals surface area contributed by atoms with Gasteiger partial charge in [0.25, 0.3) is 0 Å². The molecule has 0 spiro atoms. The largest absolute Gasteiger partial charge is 0.461 e. The van der Waals surface area contributed by atoms with Crippen molar-refractivity contribution in [2.75, 3.05) is 6.61 Å². The number of hydrogen-bond acceptors (Lipinski definition) is 3. The lowest BCUT2D eigenvalue weighted by Crippen LogP contribution is -2.12. The summed E-state index contributed by atoms with van der Waals surface area (Å²) in [6.07, 6.45) is 3.23. The van der Waals surface area contributed by atoms with E-state index < -0.39 is 0 Å². The maximum absolute atomic E-state index is 12.0. The van der Waals surface area contributed by atoms with Gasteiger partial charge in [-0.3, -0.25) is 0 Å². The summed E-state index contributed by atoms with van der Waals surface area (Å²) >= 11 is 0. The number of carbonyl (C=O) groups is 2. The van der Waals surface area contributed by atoms with Gasteiger partial charge >= 0.3 is 5.97 Å². The molecule has 2 aromatic rings. The molecule has 104 valence electrons. The van der Waals surface area contributed by atoms with Crippen molar-refractivity contribution in [2.24, 2.45) is 0 Å². The quantitative estimate of drug-likeness (QED) is 0.687. The van der Waals surface area contributed by atoms with Crippen LogP contribution in [0.3, 0.4) is 0 Å². The number of carbonyl (C=O) groups excluding carboxylic acids is 2. The highest BCUT2D eigenvalue weighted by Gasteiger charge is 2.27. The number of aromatic amines is 1. The standard InChI is InChI=1S/C16H17NO3/c1-2-20-16(19)15-12-7-6-10(8-9-18)11-4-3-5-13(17-15)14(11)12/h3-5,9-10,17H,2,6-8H2,1H3. The van der Waals surface area contributed by atoms with Gasteiger partial charge in [0.2, 0.25) is 0 Å². The van der Waals surface area contributed by atoms with E-state index in [4.69, 9.17) is 4.74 Å². The highest BCUT2D eigenvalue weighted by molar-refractivity contribution is 6.00. The first-order valence-corrected chi connectivity index (χ1v) is 7.00. The molecule has 0 radical (unpaired) electrons. The Kier molecular flexibility index (Phi) is 3.30. The third kappa shape index (κ3) is 1.92. The van der Waals surface area contributed by atoms with Crippen LogP contribution in [0.25, 0.3) is 10.9 Å². The van der Waals surface area contributed by atoms with Crippen molar-refractivity contribution in [2.45, 2.75) is 32.1 Å². The first-order valence-electron chi connectivity index (χ1n) is 7.00. The summed E-state index contributed by atoms with van der Waals surface area (Å²) in [4.78, 5) is 26.0. The van der Waals surface area contributed by atoms with Gasteiger partial charge in [0.1, 0.15) is 12.0 Å². The third-order valence-electron chi connectivity index (χ3n) is 4.00. The molecule has 1 unspecified atom stereocenters. The minimum Gasteiger partial charge on any atom is -0.461 e. The van der Waals surface area contributed by atoms with Gasteiger partial charge < -0.3 is 14.5 Å². The smallest absolute Gasteiger partial charge is 0.355 e. The molecule has 3 rings (SSSR count). The second-order valence-corrected chi connectivity index (χ2v) is 5.11. The van der Waals surface area contributed by atoms with Gasteiger partial charge in [0.05, 0.1) is 6.61 Å². The van der Waals surface area contributed by atoms with Crippen LogP contribution in [0, 0.1) is 0 Å². The molecule has 1 aliphatic rings. The van der Waals surface area contributed by atoms with Gasteiger partial charge in [0, 0.05) is 17.3 Å². The number of aryl methyl sites for hydroxylation is 1. The van der Waals surface area contributed by atoms with Gasteiger partial charge in [-0.1, -0.05) is 12.1 Å². The number of rotatable bonds is 4. The summed E-state index contributed by atoms with van der Waals surface area (Å²) < 4.78 is 5.11. The first kappa shape index (κ1) is 12.9. The lowest BCUT2D eigenvalue weighted by molar-refractivity contribution is -0.108. The van der Waals surface area contributed by atoms with E-state index >= 15 is 0 Å². The topological polar surface area (TPSA) is 59.2 Å².